The molecule has 0 amide bonds. The average molecular weight is 273 g/mol. The van der Waals surface area contributed by atoms with Crippen LogP contribution in [0.15, 0.2) is 10.9 Å². The van der Waals surface area contributed by atoms with Gasteiger partial charge in [0.05, 0.1) is 5.39 Å². The lowest BCUT2D eigenvalue weighted by atomic mass is 10.4. The van der Waals surface area contributed by atoms with Gasteiger partial charge in [-0.15, -0.1) is 0 Å². The number of hydrogen-bond acceptors (Lipinski definition) is 6. The monoisotopic (exact) mass is 272 g/mol. The van der Waals surface area contributed by atoms with Crippen molar-refractivity contribution < 1.29 is 4.92 Å². The normalized spacial score (nSPS) is 10.7. The van der Waals surface area contributed by atoms with Crippen molar-refractivity contribution in [3.05, 3.63) is 21.0 Å². The second kappa shape index (κ2) is 3.42. The lowest BCUT2D eigenvalue weighted by molar-refractivity contribution is -0.515. The summed E-state index contributed by atoms with van der Waals surface area (Å²) in [5, 5.41) is 14.7. The summed E-state index contributed by atoms with van der Waals surface area (Å²) in [5.74, 6) is 0.237. The van der Waals surface area contributed by atoms with E-state index in [0.717, 1.165) is 4.68 Å². The number of fused-ring (bicyclic) bond motifs is 1. The topological polar surface area (TPSA) is 113 Å². The second-order valence-electron chi connectivity index (χ2n) is 2.72. The molecule has 0 bridgehead atoms. The molecule has 0 atom stereocenters. The molecule has 2 aromatic rings. The number of nitrogens with zero attached hydrogens (tertiary/aromatic N) is 5. The van der Waals surface area contributed by atoms with E-state index in [1.54, 1.807) is 0 Å². The Balaban J connectivity index is 2.68. The number of anilines is 1. The fourth-order valence-electron chi connectivity index (χ4n) is 1.19. The Morgan fingerprint density at radius 1 is 1.60 bits per heavy atom. The van der Waals surface area contributed by atoms with Gasteiger partial charge in [0.25, 0.3) is 6.67 Å². The van der Waals surface area contributed by atoms with Gasteiger partial charge in [0.1, 0.15) is 16.7 Å². The van der Waals surface area contributed by atoms with Crippen LogP contribution in [0.4, 0.5) is 5.82 Å². The van der Waals surface area contributed by atoms with Gasteiger partial charge in [0, 0.05) is 4.92 Å². The van der Waals surface area contributed by atoms with Crippen molar-refractivity contribution in [2.45, 2.75) is 6.67 Å². The molecule has 0 aliphatic rings. The van der Waals surface area contributed by atoms with Crippen LogP contribution in [0.3, 0.4) is 0 Å². The highest BCUT2D eigenvalue weighted by Gasteiger charge is 2.15. The number of halogens is 1. The Hall–Kier alpha value is -1.77. The van der Waals surface area contributed by atoms with Crippen molar-refractivity contribution in [1.29, 1.82) is 0 Å². The minimum atomic E-state index is -0.503. The van der Waals surface area contributed by atoms with Crippen LogP contribution in [-0.2, 0) is 6.67 Å². The third-order valence-corrected chi connectivity index (χ3v) is 2.32. The van der Waals surface area contributed by atoms with Gasteiger partial charge >= 0.3 is 0 Å². The fraction of sp³-hybridized carbons (Fsp3) is 0.167. The van der Waals surface area contributed by atoms with Gasteiger partial charge in [-0.3, -0.25) is 10.1 Å². The maximum absolute atomic E-state index is 10.4. The number of nitro groups is 1. The third kappa shape index (κ3) is 1.61. The standard InChI is InChI=1S/C6H5BrN6O2/c7-4-3-5(8)9-1-10-6(3)12(11-4)2-13(14)15/h1H,2H2,(H2,8,9,10). The smallest absolute Gasteiger partial charge is 0.297 e. The van der Waals surface area contributed by atoms with E-state index in [1.807, 2.05) is 0 Å². The summed E-state index contributed by atoms with van der Waals surface area (Å²) in [7, 11) is 0. The predicted octanol–water partition coefficient (Wildman–Crippen LogP) is 0.405. The minimum absolute atomic E-state index is 0.237. The maximum Gasteiger partial charge on any atom is 0.297 e. The minimum Gasteiger partial charge on any atom is -0.383 e. The lowest BCUT2D eigenvalue weighted by Gasteiger charge is -1.96. The van der Waals surface area contributed by atoms with Crippen LogP contribution < -0.4 is 5.73 Å². The van der Waals surface area contributed by atoms with Crippen LogP contribution >= 0.6 is 15.9 Å². The van der Waals surface area contributed by atoms with Gasteiger partial charge in [0.2, 0.25) is 0 Å². The van der Waals surface area contributed by atoms with E-state index in [2.05, 4.69) is 31.0 Å². The molecule has 78 valence electrons. The zero-order valence-electron chi connectivity index (χ0n) is 7.29. The van der Waals surface area contributed by atoms with Crippen LogP contribution in [0, 0.1) is 10.1 Å². The summed E-state index contributed by atoms with van der Waals surface area (Å²) in [6.45, 7) is -0.460. The first kappa shape index (κ1) is 9.77. The molecule has 0 aliphatic heterocycles. The van der Waals surface area contributed by atoms with E-state index in [9.17, 15) is 10.1 Å². The highest BCUT2D eigenvalue weighted by molar-refractivity contribution is 9.10. The first-order valence-corrected chi connectivity index (χ1v) is 4.63. The SMILES string of the molecule is Nc1ncnc2c1c(Br)nn2C[N+](=O)[O-]. The molecule has 0 aliphatic carbocycles. The Morgan fingerprint density at radius 2 is 2.33 bits per heavy atom. The lowest BCUT2D eigenvalue weighted by Crippen LogP contribution is -2.09. The summed E-state index contributed by atoms with van der Waals surface area (Å²) in [4.78, 5) is 17.5. The number of aromatic nitrogens is 4. The molecule has 0 fully saturated rings. The molecule has 0 saturated carbocycles. The van der Waals surface area contributed by atoms with Crippen LogP contribution in [0.5, 0.6) is 0 Å². The molecular formula is C6H5BrN6O2. The van der Waals surface area contributed by atoms with Gasteiger partial charge in [-0.2, -0.15) is 9.78 Å². The van der Waals surface area contributed by atoms with Gasteiger partial charge in [-0.25, -0.2) is 9.97 Å². The molecule has 0 aromatic carbocycles. The number of nitrogens with two attached hydrogens (primary N) is 1. The molecule has 0 unspecified atom stereocenters. The zero-order valence-corrected chi connectivity index (χ0v) is 8.88. The zero-order chi connectivity index (χ0) is 11.0. The molecule has 2 aromatic heterocycles. The molecule has 0 spiro atoms. The van der Waals surface area contributed by atoms with E-state index >= 15 is 0 Å². The number of nitrogen functional groups attached to an aromatic ring is 1. The van der Waals surface area contributed by atoms with E-state index in [-0.39, 0.29) is 5.82 Å². The summed E-state index contributed by atoms with van der Waals surface area (Å²) in [6, 6.07) is 0. The molecule has 2 heterocycles. The first-order chi connectivity index (χ1) is 7.09. The Morgan fingerprint density at radius 3 is 3.00 bits per heavy atom. The van der Waals surface area contributed by atoms with Gasteiger partial charge in [-0.05, 0) is 15.9 Å². The Labute approximate surface area is 91.4 Å². The summed E-state index contributed by atoms with van der Waals surface area (Å²) >= 11 is 3.14. The van der Waals surface area contributed by atoms with Crippen LogP contribution in [0.1, 0.15) is 0 Å². The molecule has 8 nitrogen and oxygen atoms in total. The van der Waals surface area contributed by atoms with Crippen molar-refractivity contribution in [2.75, 3.05) is 5.73 Å². The van der Waals surface area contributed by atoms with Crippen molar-refractivity contribution in [1.82, 2.24) is 19.7 Å². The molecule has 15 heavy (non-hydrogen) atoms. The molecule has 0 radical (unpaired) electrons. The molecule has 2 N–H and O–H groups in total. The predicted molar refractivity (Wildman–Crippen MR) is 54.4 cm³/mol. The highest BCUT2D eigenvalue weighted by Crippen LogP contribution is 2.25. The van der Waals surface area contributed by atoms with Gasteiger partial charge in [-0.1, -0.05) is 0 Å². The summed E-state index contributed by atoms with van der Waals surface area (Å²) < 4.78 is 1.55. The third-order valence-electron chi connectivity index (χ3n) is 1.77. The first-order valence-electron chi connectivity index (χ1n) is 3.84. The number of rotatable bonds is 2. The molecule has 0 saturated heterocycles. The number of hydrogen-bond donors (Lipinski definition) is 1. The Bertz CT molecular complexity index is 538. The van der Waals surface area contributed by atoms with Crippen LogP contribution in [-0.4, -0.2) is 24.7 Å². The van der Waals surface area contributed by atoms with Crippen molar-refractivity contribution in [2.24, 2.45) is 0 Å². The van der Waals surface area contributed by atoms with Crippen molar-refractivity contribution in [3.8, 4) is 0 Å². The van der Waals surface area contributed by atoms with E-state index in [0.29, 0.717) is 15.6 Å². The fourth-order valence-corrected chi connectivity index (χ4v) is 1.77. The highest BCUT2D eigenvalue weighted by atomic mass is 79.9. The van der Waals surface area contributed by atoms with Crippen molar-refractivity contribution in [3.63, 3.8) is 0 Å². The quantitative estimate of drug-likeness (QED) is 0.626. The molecule has 9 heteroatoms. The van der Waals surface area contributed by atoms with Gasteiger partial charge in [0.15, 0.2) is 5.65 Å². The van der Waals surface area contributed by atoms with E-state index < -0.39 is 11.6 Å². The van der Waals surface area contributed by atoms with E-state index in [1.165, 1.54) is 6.33 Å². The summed E-state index contributed by atoms with van der Waals surface area (Å²) in [5.41, 5.74) is 5.94. The van der Waals surface area contributed by atoms with Crippen LogP contribution in [0.2, 0.25) is 0 Å². The molecular weight excluding hydrogens is 268 g/mol. The van der Waals surface area contributed by atoms with Crippen molar-refractivity contribution >= 4 is 32.8 Å². The van der Waals surface area contributed by atoms with E-state index in [4.69, 9.17) is 5.73 Å². The van der Waals surface area contributed by atoms with Gasteiger partial charge < -0.3 is 5.73 Å². The average Bonchev–Trinajstić information content (AvgIpc) is 2.44. The molecule has 2 rings (SSSR count). The van der Waals surface area contributed by atoms with Crippen LogP contribution in [0.25, 0.3) is 11.0 Å². The summed E-state index contributed by atoms with van der Waals surface area (Å²) in [6.07, 6.45) is 1.24. The maximum atomic E-state index is 10.4. The second-order valence-corrected chi connectivity index (χ2v) is 3.47. The largest absolute Gasteiger partial charge is 0.383 e. The Kier molecular flexibility index (Phi) is 2.23.